The summed E-state index contributed by atoms with van der Waals surface area (Å²) in [7, 11) is -3.47. The number of hydrogen-bond acceptors (Lipinski definition) is 4. The third-order valence-electron chi connectivity index (χ3n) is 7.07. The summed E-state index contributed by atoms with van der Waals surface area (Å²) in [4.78, 5) is 28.1. The maximum absolute atomic E-state index is 13.0. The minimum absolute atomic E-state index is 0.0118. The fraction of sp³-hybridized carbons (Fsp3) is 0.481. The highest BCUT2D eigenvalue weighted by Crippen LogP contribution is 2.24. The Morgan fingerprint density at radius 3 is 2.26 bits per heavy atom. The molecule has 0 spiro atoms. The average molecular weight is 498 g/mol. The van der Waals surface area contributed by atoms with Crippen molar-refractivity contribution in [2.45, 2.75) is 44.4 Å². The van der Waals surface area contributed by atoms with E-state index >= 15 is 0 Å². The number of carbonyl (C=O) groups is 2. The van der Waals surface area contributed by atoms with Gasteiger partial charge in [0, 0.05) is 38.3 Å². The van der Waals surface area contributed by atoms with Crippen molar-refractivity contribution in [1.29, 1.82) is 0 Å². The molecule has 1 N–H and O–H groups in total. The third-order valence-corrected chi connectivity index (χ3v) is 8.98. The van der Waals surface area contributed by atoms with Gasteiger partial charge in [0.05, 0.1) is 10.8 Å². The van der Waals surface area contributed by atoms with Gasteiger partial charge in [-0.1, -0.05) is 35.4 Å². The Kier molecular flexibility index (Phi) is 7.91. The molecule has 0 saturated carbocycles. The smallest absolute Gasteiger partial charge is 0.253 e. The van der Waals surface area contributed by atoms with Crippen LogP contribution in [-0.2, 0) is 14.8 Å². The molecule has 2 aromatic carbocycles. The van der Waals surface area contributed by atoms with Gasteiger partial charge in [0.25, 0.3) is 5.91 Å². The summed E-state index contributed by atoms with van der Waals surface area (Å²) in [6.07, 6.45) is 3.02. The van der Waals surface area contributed by atoms with Gasteiger partial charge in [-0.3, -0.25) is 9.59 Å². The molecule has 0 aromatic heterocycles. The largest absolute Gasteiger partial charge is 0.356 e. The van der Waals surface area contributed by atoms with Gasteiger partial charge in [0.2, 0.25) is 15.9 Å². The maximum atomic E-state index is 13.0. The van der Waals surface area contributed by atoms with E-state index in [0.717, 1.165) is 24.0 Å². The number of likely N-dealkylation sites (tertiary alicyclic amines) is 1. The van der Waals surface area contributed by atoms with E-state index in [1.165, 1.54) is 4.31 Å². The monoisotopic (exact) mass is 497 g/mol. The number of sulfonamides is 1. The van der Waals surface area contributed by atoms with E-state index in [1.54, 1.807) is 35.2 Å². The SMILES string of the molecule is Cc1cc(C)cc(C(=O)N2CCCC(C(=O)NCC3CCN(S(=O)(=O)c4ccccc4)CC3)C2)c1. The van der Waals surface area contributed by atoms with Crippen molar-refractivity contribution >= 4 is 21.8 Å². The predicted molar refractivity (Wildman–Crippen MR) is 135 cm³/mol. The number of rotatable bonds is 6. The van der Waals surface area contributed by atoms with Crippen molar-refractivity contribution in [2.75, 3.05) is 32.7 Å². The summed E-state index contributed by atoms with van der Waals surface area (Å²) in [6.45, 7) is 6.53. The van der Waals surface area contributed by atoms with E-state index in [9.17, 15) is 18.0 Å². The van der Waals surface area contributed by atoms with Gasteiger partial charge in [-0.15, -0.1) is 0 Å². The van der Waals surface area contributed by atoms with Crippen LogP contribution in [0.25, 0.3) is 0 Å². The normalized spacial score (nSPS) is 19.9. The van der Waals surface area contributed by atoms with E-state index in [-0.39, 0.29) is 23.7 Å². The molecule has 2 saturated heterocycles. The van der Waals surface area contributed by atoms with Crippen molar-refractivity contribution in [3.63, 3.8) is 0 Å². The lowest BCUT2D eigenvalue weighted by atomic mass is 9.94. The number of aryl methyl sites for hydroxylation is 2. The number of nitrogens with zero attached hydrogens (tertiary/aromatic N) is 2. The van der Waals surface area contributed by atoms with Gasteiger partial charge in [0.15, 0.2) is 0 Å². The van der Waals surface area contributed by atoms with Crippen molar-refractivity contribution in [2.24, 2.45) is 11.8 Å². The molecule has 0 aliphatic carbocycles. The van der Waals surface area contributed by atoms with Crippen LogP contribution in [0.1, 0.15) is 47.2 Å². The molecule has 4 rings (SSSR count). The van der Waals surface area contributed by atoms with Crippen LogP contribution in [0.4, 0.5) is 0 Å². The lowest BCUT2D eigenvalue weighted by molar-refractivity contribution is -0.126. The number of benzene rings is 2. The van der Waals surface area contributed by atoms with E-state index < -0.39 is 10.0 Å². The Hall–Kier alpha value is -2.71. The minimum atomic E-state index is -3.47. The Bertz CT molecular complexity index is 1140. The molecule has 8 heteroatoms. The third kappa shape index (κ3) is 6.11. The number of amides is 2. The molecule has 1 atom stereocenters. The van der Waals surface area contributed by atoms with E-state index in [0.29, 0.717) is 56.0 Å². The second-order valence-electron chi connectivity index (χ2n) is 9.87. The van der Waals surface area contributed by atoms with Gasteiger partial charge in [-0.05, 0) is 69.7 Å². The molecule has 35 heavy (non-hydrogen) atoms. The molecule has 7 nitrogen and oxygen atoms in total. The summed E-state index contributed by atoms with van der Waals surface area (Å²) in [5.41, 5.74) is 2.80. The number of carbonyl (C=O) groups excluding carboxylic acids is 2. The predicted octanol–water partition coefficient (Wildman–Crippen LogP) is 3.37. The fourth-order valence-electron chi connectivity index (χ4n) is 5.14. The molecule has 2 aliphatic rings. The topological polar surface area (TPSA) is 86.8 Å². The van der Waals surface area contributed by atoms with Crippen molar-refractivity contribution in [3.05, 3.63) is 65.2 Å². The minimum Gasteiger partial charge on any atom is -0.356 e. The van der Waals surface area contributed by atoms with Gasteiger partial charge in [-0.2, -0.15) is 4.31 Å². The molecule has 0 radical (unpaired) electrons. The Morgan fingerprint density at radius 2 is 1.60 bits per heavy atom. The Labute approximate surface area is 208 Å². The fourth-order valence-corrected chi connectivity index (χ4v) is 6.63. The molecule has 0 bridgehead atoms. The van der Waals surface area contributed by atoms with Crippen LogP contribution in [0.15, 0.2) is 53.4 Å². The number of hydrogen-bond donors (Lipinski definition) is 1. The summed E-state index contributed by atoms with van der Waals surface area (Å²) < 4.78 is 27.2. The second kappa shape index (κ2) is 10.9. The first-order valence-electron chi connectivity index (χ1n) is 12.4. The standard InChI is InChI=1S/C27H35N3O4S/c1-20-15-21(2)17-24(16-20)27(32)29-12-6-7-23(19-29)26(31)28-18-22-10-13-30(14-11-22)35(33,34)25-8-4-3-5-9-25/h3-5,8-9,15-17,22-23H,6-7,10-14,18-19H2,1-2H3,(H,28,31). The Balaban J connectivity index is 1.26. The van der Waals surface area contributed by atoms with Crippen molar-refractivity contribution < 1.29 is 18.0 Å². The molecule has 2 fully saturated rings. The Morgan fingerprint density at radius 1 is 0.943 bits per heavy atom. The zero-order valence-corrected chi connectivity index (χ0v) is 21.4. The molecular weight excluding hydrogens is 462 g/mol. The van der Waals surface area contributed by atoms with Crippen LogP contribution in [0, 0.1) is 25.7 Å². The zero-order valence-electron chi connectivity index (χ0n) is 20.6. The molecule has 2 heterocycles. The van der Waals surface area contributed by atoms with E-state index in [2.05, 4.69) is 5.32 Å². The summed E-state index contributed by atoms with van der Waals surface area (Å²) in [6, 6.07) is 14.4. The zero-order chi connectivity index (χ0) is 25.0. The van der Waals surface area contributed by atoms with E-state index in [4.69, 9.17) is 0 Å². The highest BCUT2D eigenvalue weighted by molar-refractivity contribution is 7.89. The van der Waals surface area contributed by atoms with Gasteiger partial charge in [-0.25, -0.2) is 8.42 Å². The number of nitrogens with one attached hydrogen (secondary N) is 1. The van der Waals surface area contributed by atoms with Crippen molar-refractivity contribution in [3.8, 4) is 0 Å². The summed E-state index contributed by atoms with van der Waals surface area (Å²) >= 11 is 0. The highest BCUT2D eigenvalue weighted by atomic mass is 32.2. The summed E-state index contributed by atoms with van der Waals surface area (Å²) in [5, 5.41) is 3.08. The maximum Gasteiger partial charge on any atom is 0.253 e. The lowest BCUT2D eigenvalue weighted by Gasteiger charge is -2.34. The van der Waals surface area contributed by atoms with Gasteiger partial charge < -0.3 is 10.2 Å². The van der Waals surface area contributed by atoms with Crippen LogP contribution in [0.3, 0.4) is 0 Å². The highest BCUT2D eigenvalue weighted by Gasteiger charge is 2.31. The first-order valence-corrected chi connectivity index (χ1v) is 13.9. The first kappa shape index (κ1) is 25.4. The van der Waals surface area contributed by atoms with E-state index in [1.807, 2.05) is 32.0 Å². The van der Waals surface area contributed by atoms with Crippen molar-refractivity contribution in [1.82, 2.24) is 14.5 Å². The van der Waals surface area contributed by atoms with Gasteiger partial charge >= 0.3 is 0 Å². The van der Waals surface area contributed by atoms with Crippen LogP contribution >= 0.6 is 0 Å². The van der Waals surface area contributed by atoms with Crippen LogP contribution < -0.4 is 5.32 Å². The molecular formula is C27H35N3O4S. The van der Waals surface area contributed by atoms with Crippen LogP contribution in [-0.4, -0.2) is 62.2 Å². The van der Waals surface area contributed by atoms with Crippen LogP contribution in [0.5, 0.6) is 0 Å². The molecule has 2 amide bonds. The second-order valence-corrected chi connectivity index (χ2v) is 11.8. The molecule has 1 unspecified atom stereocenters. The van der Waals surface area contributed by atoms with Gasteiger partial charge in [0.1, 0.15) is 0 Å². The summed E-state index contributed by atoms with van der Waals surface area (Å²) in [5.74, 6) is 0.0125. The average Bonchev–Trinajstić information content (AvgIpc) is 2.87. The lowest BCUT2D eigenvalue weighted by Crippen LogP contribution is -2.47. The number of piperidine rings is 2. The molecule has 2 aromatic rings. The molecule has 188 valence electrons. The first-order chi connectivity index (χ1) is 16.7. The van der Waals surface area contributed by atoms with Crippen LogP contribution in [0.2, 0.25) is 0 Å². The quantitative estimate of drug-likeness (QED) is 0.663. The molecule has 2 aliphatic heterocycles.